The highest BCUT2D eigenvalue weighted by molar-refractivity contribution is 7.47. The number of aliphatic hydroxyl groups is 1. The highest BCUT2D eigenvalue weighted by Crippen LogP contribution is 2.43. The molecule has 0 aromatic carbocycles. The molecule has 79 heavy (non-hydrogen) atoms. The Morgan fingerprint density at radius 2 is 0.684 bits per heavy atom. The summed E-state index contributed by atoms with van der Waals surface area (Å²) in [5.74, 6) is -0.135. The van der Waals surface area contributed by atoms with Gasteiger partial charge in [0.25, 0.3) is 0 Å². The van der Waals surface area contributed by atoms with Gasteiger partial charge < -0.3 is 19.8 Å². The van der Waals surface area contributed by atoms with Crippen molar-refractivity contribution in [3.05, 3.63) is 12.2 Å². The number of phosphoric ester groups is 1. The molecule has 0 bridgehead atoms. The van der Waals surface area contributed by atoms with E-state index >= 15 is 0 Å². The smallest absolute Gasteiger partial charge is 0.391 e. The third-order valence-corrected chi connectivity index (χ3v) is 17.7. The molecule has 0 radical (unpaired) electrons. The molecule has 3 atom stereocenters. The van der Waals surface area contributed by atoms with E-state index in [9.17, 15) is 19.4 Å². The van der Waals surface area contributed by atoms with Crippen LogP contribution in [0.4, 0.5) is 0 Å². The summed E-state index contributed by atoms with van der Waals surface area (Å²) in [6.07, 6.45) is 78.9. The molecule has 0 rings (SSSR count). The van der Waals surface area contributed by atoms with Crippen LogP contribution in [0.1, 0.15) is 380 Å². The quantitative estimate of drug-likeness (QED) is 0.0243. The minimum atomic E-state index is -4.33. The van der Waals surface area contributed by atoms with Crippen molar-refractivity contribution in [1.82, 2.24) is 5.32 Å². The second kappa shape index (κ2) is 61.8. The molecule has 0 aromatic heterocycles. The summed E-state index contributed by atoms with van der Waals surface area (Å²) in [6, 6.07) is -0.759. The van der Waals surface area contributed by atoms with Gasteiger partial charge in [-0.25, -0.2) is 4.57 Å². The lowest BCUT2D eigenvalue weighted by molar-refractivity contribution is -0.870. The molecule has 0 aliphatic heterocycles. The number of likely N-dealkylation sites (N-methyl/N-ethyl adjacent to an activating group) is 1. The summed E-state index contributed by atoms with van der Waals surface area (Å²) in [6.45, 7) is 4.96. The van der Waals surface area contributed by atoms with E-state index < -0.39 is 20.0 Å². The van der Waals surface area contributed by atoms with Crippen molar-refractivity contribution in [2.75, 3.05) is 40.9 Å². The van der Waals surface area contributed by atoms with E-state index in [1.165, 1.54) is 315 Å². The van der Waals surface area contributed by atoms with Crippen LogP contribution in [0.3, 0.4) is 0 Å². The normalized spacial score (nSPS) is 13.7. The fourth-order valence-electron chi connectivity index (χ4n) is 11.2. The number of aliphatic hydroxyl groups excluding tert-OH is 1. The number of hydrogen-bond acceptors (Lipinski definition) is 5. The number of allylic oxidation sites excluding steroid dienone is 2. The monoisotopic (exact) mass is 1140 g/mol. The van der Waals surface area contributed by atoms with Gasteiger partial charge in [0, 0.05) is 6.42 Å². The maximum Gasteiger partial charge on any atom is 0.472 e. The Hall–Kier alpha value is -0.760. The van der Waals surface area contributed by atoms with E-state index in [0.717, 1.165) is 38.5 Å². The lowest BCUT2D eigenvalue weighted by Crippen LogP contribution is -2.46. The first-order chi connectivity index (χ1) is 38.5. The van der Waals surface area contributed by atoms with Crippen LogP contribution in [0.2, 0.25) is 0 Å². The third-order valence-electron chi connectivity index (χ3n) is 16.8. The number of nitrogens with zero attached hydrogens (tertiary/aromatic N) is 1. The maximum atomic E-state index is 13.1. The number of nitrogens with one attached hydrogen (secondary N) is 1. The molecule has 0 saturated carbocycles. The molecule has 0 fully saturated rings. The van der Waals surface area contributed by atoms with Crippen LogP contribution in [-0.4, -0.2) is 73.4 Å². The fraction of sp³-hybridized carbons (Fsp3) is 0.957. The molecule has 0 heterocycles. The van der Waals surface area contributed by atoms with Gasteiger partial charge >= 0.3 is 7.82 Å². The number of carbonyl (C=O) groups is 1. The number of rotatable bonds is 67. The number of hydrogen-bond donors (Lipinski definition) is 3. The van der Waals surface area contributed by atoms with Gasteiger partial charge in [-0.2, -0.15) is 0 Å². The highest BCUT2D eigenvalue weighted by atomic mass is 31.2. The van der Waals surface area contributed by atoms with E-state index in [0.29, 0.717) is 23.9 Å². The molecule has 0 aromatic rings. The van der Waals surface area contributed by atoms with Gasteiger partial charge in [0.1, 0.15) is 13.2 Å². The lowest BCUT2D eigenvalue weighted by atomic mass is 10.0. The van der Waals surface area contributed by atoms with Crippen molar-refractivity contribution in [1.29, 1.82) is 0 Å². The van der Waals surface area contributed by atoms with Crippen molar-refractivity contribution in [3.63, 3.8) is 0 Å². The van der Waals surface area contributed by atoms with Gasteiger partial charge in [0.05, 0.1) is 39.9 Å². The SMILES string of the molecule is CCCCCCCCCCCCCC/C=C\CCCCCCCCCCCCCCCCCCCC(=O)NC(COP(=O)(O)OCC[N+](C)(C)C)C(O)CCCCCCCCCCCCCCCCCCCCCCCCCC. The lowest BCUT2D eigenvalue weighted by Gasteiger charge is -2.26. The van der Waals surface area contributed by atoms with Crippen molar-refractivity contribution < 1.29 is 32.9 Å². The summed E-state index contributed by atoms with van der Waals surface area (Å²) >= 11 is 0. The summed E-state index contributed by atoms with van der Waals surface area (Å²) < 4.78 is 23.9. The van der Waals surface area contributed by atoms with Crippen LogP contribution >= 0.6 is 7.82 Å². The molecule has 0 aliphatic carbocycles. The van der Waals surface area contributed by atoms with Crippen molar-refractivity contribution in [2.45, 2.75) is 392 Å². The van der Waals surface area contributed by atoms with E-state index in [4.69, 9.17) is 9.05 Å². The van der Waals surface area contributed by atoms with Gasteiger partial charge in [-0.15, -0.1) is 0 Å². The average molecular weight is 1140 g/mol. The molecule has 3 N–H and O–H groups in total. The zero-order valence-electron chi connectivity index (χ0n) is 54.2. The van der Waals surface area contributed by atoms with Gasteiger partial charge in [0.15, 0.2) is 0 Å². The first-order valence-electron chi connectivity index (χ1n) is 35.6. The maximum absolute atomic E-state index is 13.1. The Morgan fingerprint density at radius 1 is 0.418 bits per heavy atom. The third kappa shape index (κ3) is 64.7. The molecule has 0 spiro atoms. The first kappa shape index (κ1) is 78.2. The largest absolute Gasteiger partial charge is 0.472 e. The summed E-state index contributed by atoms with van der Waals surface area (Å²) in [5.41, 5.74) is 0. The zero-order chi connectivity index (χ0) is 57.7. The minimum Gasteiger partial charge on any atom is -0.391 e. The molecule has 9 heteroatoms. The topological polar surface area (TPSA) is 105 Å². The van der Waals surface area contributed by atoms with Crippen LogP contribution < -0.4 is 5.32 Å². The van der Waals surface area contributed by atoms with Crippen LogP contribution in [0.25, 0.3) is 0 Å². The molecular weight excluding hydrogens is 996 g/mol. The van der Waals surface area contributed by atoms with Crippen LogP contribution in [-0.2, 0) is 18.4 Å². The number of amides is 1. The number of phosphoric acid groups is 1. The summed E-state index contributed by atoms with van der Waals surface area (Å²) in [7, 11) is 1.64. The Labute approximate surface area is 494 Å². The zero-order valence-corrected chi connectivity index (χ0v) is 55.1. The van der Waals surface area contributed by atoms with Crippen molar-refractivity contribution in [3.8, 4) is 0 Å². The molecule has 3 unspecified atom stereocenters. The van der Waals surface area contributed by atoms with E-state index in [1.807, 2.05) is 21.1 Å². The Morgan fingerprint density at radius 3 is 0.975 bits per heavy atom. The van der Waals surface area contributed by atoms with Gasteiger partial charge in [0.2, 0.25) is 5.91 Å². The minimum absolute atomic E-state index is 0.0783. The fourth-order valence-corrected chi connectivity index (χ4v) is 12.0. The molecule has 8 nitrogen and oxygen atoms in total. The Bertz CT molecular complexity index is 1290. The standard InChI is InChI=1S/C70H141N2O6P/c1-6-8-10-12-14-16-18-20-22-24-26-28-30-32-33-34-35-36-37-38-39-40-42-44-46-48-50-52-54-56-58-60-62-64-70(74)71-68(67-78-79(75,76)77-66-65-72(3,4)5)69(73)63-61-59-57-55-53-51-49-47-45-43-41-31-29-27-25-23-21-19-17-15-13-11-9-7-2/h32-33,68-69,73H,6-31,34-67H2,1-5H3,(H-,71,74,75,76)/p+1/b33-32-. The number of quaternary nitrogens is 1. The van der Waals surface area contributed by atoms with Gasteiger partial charge in [-0.3, -0.25) is 13.8 Å². The molecule has 0 aliphatic rings. The Kier molecular flexibility index (Phi) is 61.2. The van der Waals surface area contributed by atoms with Gasteiger partial charge in [-0.05, 0) is 38.5 Å². The van der Waals surface area contributed by atoms with Crippen LogP contribution in [0.5, 0.6) is 0 Å². The predicted octanol–water partition coefficient (Wildman–Crippen LogP) is 22.5. The van der Waals surface area contributed by atoms with Crippen LogP contribution in [0, 0.1) is 0 Å². The van der Waals surface area contributed by atoms with Crippen LogP contribution in [0.15, 0.2) is 12.2 Å². The molecular formula is C70H142N2O6P+. The van der Waals surface area contributed by atoms with E-state index in [2.05, 4.69) is 31.3 Å². The molecule has 472 valence electrons. The summed E-state index contributed by atoms with van der Waals surface area (Å²) in [4.78, 5) is 23.5. The first-order valence-corrected chi connectivity index (χ1v) is 37.0. The van der Waals surface area contributed by atoms with E-state index in [-0.39, 0.29) is 19.1 Å². The number of carbonyl (C=O) groups excluding carboxylic acids is 1. The van der Waals surface area contributed by atoms with Gasteiger partial charge in [-0.1, -0.05) is 347 Å². The Balaban J connectivity index is 3.97. The second-order valence-electron chi connectivity index (χ2n) is 26.0. The molecule has 0 saturated heterocycles. The number of unbranched alkanes of at least 4 members (excludes halogenated alkanes) is 52. The summed E-state index contributed by atoms with van der Waals surface area (Å²) in [5, 5.41) is 14.2. The van der Waals surface area contributed by atoms with Crippen molar-refractivity contribution in [2.24, 2.45) is 0 Å². The second-order valence-corrected chi connectivity index (χ2v) is 27.4. The predicted molar refractivity (Wildman–Crippen MR) is 346 cm³/mol. The molecule has 1 amide bonds. The average Bonchev–Trinajstić information content (AvgIpc) is 3.42. The van der Waals surface area contributed by atoms with E-state index in [1.54, 1.807) is 0 Å². The highest BCUT2D eigenvalue weighted by Gasteiger charge is 2.28. The van der Waals surface area contributed by atoms with Crippen molar-refractivity contribution >= 4 is 13.7 Å².